The third kappa shape index (κ3) is 3.25. The molecule has 3 rings (SSSR count). The zero-order valence-electron chi connectivity index (χ0n) is 12.3. The molecule has 0 atom stereocenters. The maximum Gasteiger partial charge on any atom is 0.309 e. The summed E-state index contributed by atoms with van der Waals surface area (Å²) in [6.07, 6.45) is 3.73. The van der Waals surface area contributed by atoms with Crippen molar-refractivity contribution in [3.63, 3.8) is 0 Å². The predicted molar refractivity (Wildman–Crippen MR) is 78.4 cm³/mol. The molecule has 2 fully saturated rings. The van der Waals surface area contributed by atoms with Gasteiger partial charge in [-0.3, -0.25) is 9.59 Å². The molecule has 0 unspecified atom stereocenters. The molecule has 1 aromatic rings. The molecule has 2 heterocycles. The lowest BCUT2D eigenvalue weighted by molar-refractivity contribution is -0.148. The van der Waals surface area contributed by atoms with Crippen LogP contribution in [-0.2, 0) is 9.53 Å². The van der Waals surface area contributed by atoms with E-state index < -0.39 is 0 Å². The summed E-state index contributed by atoms with van der Waals surface area (Å²) < 4.78 is 5.07. The Hall–Kier alpha value is -1.85. The van der Waals surface area contributed by atoms with E-state index in [0.717, 1.165) is 50.4 Å². The van der Waals surface area contributed by atoms with Gasteiger partial charge in [0.05, 0.1) is 12.5 Å². The summed E-state index contributed by atoms with van der Waals surface area (Å²) in [7, 11) is 0. The Kier molecular flexibility index (Phi) is 3.94. The number of carbonyl (C=O) groups excluding carboxylic acids is 1. The summed E-state index contributed by atoms with van der Waals surface area (Å²) in [5.74, 6) is 1.85. The Morgan fingerprint density at radius 3 is 2.71 bits per heavy atom. The van der Waals surface area contributed by atoms with Crippen LogP contribution in [0.25, 0.3) is 0 Å². The molecule has 1 saturated carbocycles. The van der Waals surface area contributed by atoms with Crippen molar-refractivity contribution >= 4 is 11.8 Å². The van der Waals surface area contributed by atoms with Crippen molar-refractivity contribution in [1.29, 1.82) is 0 Å². The molecule has 1 N–H and O–H groups in total. The van der Waals surface area contributed by atoms with Crippen molar-refractivity contribution in [2.45, 2.75) is 38.5 Å². The first-order valence-electron chi connectivity index (χ1n) is 7.70. The monoisotopic (exact) mass is 291 g/mol. The number of hydrogen-bond acceptors (Lipinski definition) is 5. The average Bonchev–Trinajstić information content (AvgIpc) is 3.32. The smallest absolute Gasteiger partial charge is 0.309 e. The van der Waals surface area contributed by atoms with E-state index in [1.165, 1.54) is 0 Å². The van der Waals surface area contributed by atoms with Crippen LogP contribution < -0.4 is 10.5 Å². The summed E-state index contributed by atoms with van der Waals surface area (Å²) in [6.45, 7) is 3.74. The second kappa shape index (κ2) is 5.87. The molecule has 6 heteroatoms. The minimum Gasteiger partial charge on any atom is -0.466 e. The van der Waals surface area contributed by atoms with Crippen LogP contribution >= 0.6 is 0 Å². The van der Waals surface area contributed by atoms with E-state index in [1.807, 2.05) is 6.92 Å². The minimum absolute atomic E-state index is 0.0221. The van der Waals surface area contributed by atoms with Gasteiger partial charge in [-0.05, 0) is 32.6 Å². The number of aromatic amines is 1. The first kappa shape index (κ1) is 14.1. The van der Waals surface area contributed by atoms with E-state index >= 15 is 0 Å². The van der Waals surface area contributed by atoms with Gasteiger partial charge in [0.1, 0.15) is 11.6 Å². The van der Waals surface area contributed by atoms with E-state index in [4.69, 9.17) is 4.74 Å². The van der Waals surface area contributed by atoms with Gasteiger partial charge in [0.15, 0.2) is 0 Å². The topological polar surface area (TPSA) is 75.3 Å². The Balaban J connectivity index is 1.66. The summed E-state index contributed by atoms with van der Waals surface area (Å²) in [5.41, 5.74) is -0.0885. The van der Waals surface area contributed by atoms with Crippen LogP contribution in [0.2, 0.25) is 0 Å². The molecule has 0 aromatic carbocycles. The Morgan fingerprint density at radius 2 is 2.10 bits per heavy atom. The SMILES string of the molecule is CCOC(=O)C1CCN(c2cc(=O)[nH]c(C3CC3)n2)CC1. The highest BCUT2D eigenvalue weighted by Crippen LogP contribution is 2.38. The van der Waals surface area contributed by atoms with Crippen molar-refractivity contribution in [3.05, 3.63) is 22.2 Å². The van der Waals surface area contributed by atoms with Crippen molar-refractivity contribution in [3.8, 4) is 0 Å². The van der Waals surface area contributed by atoms with Gasteiger partial charge < -0.3 is 14.6 Å². The number of ether oxygens (including phenoxy) is 1. The van der Waals surface area contributed by atoms with Gasteiger partial charge in [0.25, 0.3) is 5.56 Å². The standard InChI is InChI=1S/C15H21N3O3/c1-2-21-15(20)11-5-7-18(8-6-11)12-9-13(19)17-14(16-12)10-3-4-10/h9-11H,2-8H2,1H3,(H,16,17,19). The van der Waals surface area contributed by atoms with Crippen LogP contribution in [0.15, 0.2) is 10.9 Å². The molecule has 114 valence electrons. The Bertz CT molecular complexity index is 572. The molecule has 1 saturated heterocycles. The van der Waals surface area contributed by atoms with E-state index in [-0.39, 0.29) is 17.4 Å². The third-order valence-corrected chi connectivity index (χ3v) is 4.15. The van der Waals surface area contributed by atoms with E-state index in [9.17, 15) is 9.59 Å². The average molecular weight is 291 g/mol. The third-order valence-electron chi connectivity index (χ3n) is 4.15. The zero-order chi connectivity index (χ0) is 14.8. The molecule has 0 radical (unpaired) electrons. The highest BCUT2D eigenvalue weighted by Gasteiger charge is 2.29. The molecule has 0 bridgehead atoms. The number of nitrogens with zero attached hydrogens (tertiary/aromatic N) is 2. The van der Waals surface area contributed by atoms with Crippen molar-refractivity contribution in [2.75, 3.05) is 24.6 Å². The lowest BCUT2D eigenvalue weighted by atomic mass is 9.97. The number of piperidine rings is 1. The molecule has 1 aliphatic heterocycles. The number of aromatic nitrogens is 2. The number of anilines is 1. The predicted octanol–water partition coefficient (Wildman–Crippen LogP) is 1.43. The molecular weight excluding hydrogens is 270 g/mol. The molecule has 1 aliphatic carbocycles. The van der Waals surface area contributed by atoms with Crippen LogP contribution in [0.1, 0.15) is 44.3 Å². The van der Waals surface area contributed by atoms with Gasteiger partial charge in [-0.25, -0.2) is 4.98 Å². The van der Waals surface area contributed by atoms with Crippen molar-refractivity contribution < 1.29 is 9.53 Å². The first-order valence-corrected chi connectivity index (χ1v) is 7.70. The maximum absolute atomic E-state index is 11.7. The minimum atomic E-state index is -0.102. The molecule has 1 aromatic heterocycles. The van der Waals surface area contributed by atoms with Crippen molar-refractivity contribution in [1.82, 2.24) is 9.97 Å². The quantitative estimate of drug-likeness (QED) is 0.849. The highest BCUT2D eigenvalue weighted by molar-refractivity contribution is 5.72. The van der Waals surface area contributed by atoms with Crippen LogP contribution in [0.3, 0.4) is 0 Å². The lowest BCUT2D eigenvalue weighted by Crippen LogP contribution is -2.38. The highest BCUT2D eigenvalue weighted by atomic mass is 16.5. The van der Waals surface area contributed by atoms with Gasteiger partial charge >= 0.3 is 5.97 Å². The normalized spacial score (nSPS) is 19.6. The van der Waals surface area contributed by atoms with E-state index in [0.29, 0.717) is 12.5 Å². The summed E-state index contributed by atoms with van der Waals surface area (Å²) in [6, 6.07) is 1.55. The Morgan fingerprint density at radius 1 is 1.38 bits per heavy atom. The molecule has 0 amide bonds. The van der Waals surface area contributed by atoms with Gasteiger partial charge in [0, 0.05) is 25.1 Å². The fourth-order valence-corrected chi connectivity index (χ4v) is 2.78. The van der Waals surface area contributed by atoms with E-state index in [2.05, 4.69) is 14.9 Å². The van der Waals surface area contributed by atoms with Gasteiger partial charge in [-0.15, -0.1) is 0 Å². The summed E-state index contributed by atoms with van der Waals surface area (Å²) >= 11 is 0. The number of hydrogen-bond donors (Lipinski definition) is 1. The first-order chi connectivity index (χ1) is 10.2. The molecular formula is C15H21N3O3. The number of esters is 1. The molecule has 0 spiro atoms. The van der Waals surface area contributed by atoms with Gasteiger partial charge in [0.2, 0.25) is 0 Å². The second-order valence-electron chi connectivity index (χ2n) is 5.78. The molecule has 2 aliphatic rings. The van der Waals surface area contributed by atoms with Crippen molar-refractivity contribution in [2.24, 2.45) is 5.92 Å². The molecule has 21 heavy (non-hydrogen) atoms. The van der Waals surface area contributed by atoms with Crippen LogP contribution in [0.5, 0.6) is 0 Å². The van der Waals surface area contributed by atoms with Crippen LogP contribution in [0, 0.1) is 5.92 Å². The molecule has 6 nitrogen and oxygen atoms in total. The number of rotatable bonds is 4. The number of nitrogens with one attached hydrogen (secondary N) is 1. The fraction of sp³-hybridized carbons (Fsp3) is 0.667. The fourth-order valence-electron chi connectivity index (χ4n) is 2.78. The summed E-state index contributed by atoms with van der Waals surface area (Å²) in [5, 5.41) is 0. The number of carbonyl (C=O) groups is 1. The largest absolute Gasteiger partial charge is 0.466 e. The zero-order valence-corrected chi connectivity index (χ0v) is 12.3. The number of H-pyrrole nitrogens is 1. The maximum atomic E-state index is 11.7. The van der Waals surface area contributed by atoms with Gasteiger partial charge in [-0.2, -0.15) is 0 Å². The lowest BCUT2D eigenvalue weighted by Gasteiger charge is -2.31. The van der Waals surface area contributed by atoms with Gasteiger partial charge in [-0.1, -0.05) is 0 Å². The van der Waals surface area contributed by atoms with E-state index in [1.54, 1.807) is 6.07 Å². The summed E-state index contributed by atoms with van der Waals surface area (Å²) in [4.78, 5) is 33.0. The van der Waals surface area contributed by atoms with Crippen LogP contribution in [0.4, 0.5) is 5.82 Å². The Labute approximate surface area is 123 Å². The van der Waals surface area contributed by atoms with Crippen LogP contribution in [-0.4, -0.2) is 35.6 Å². The second-order valence-corrected chi connectivity index (χ2v) is 5.78.